The molecule has 7 heteroatoms. The zero-order valence-corrected chi connectivity index (χ0v) is 9.81. The molecule has 2 heterocycles. The molecule has 1 atom stereocenters. The fourth-order valence-corrected chi connectivity index (χ4v) is 2.94. The Hall–Kier alpha value is -0.0200. The number of rotatable bonds is 1. The number of aromatic nitrogens is 3. The Morgan fingerprint density at radius 1 is 1.75 bits per heavy atom. The summed E-state index contributed by atoms with van der Waals surface area (Å²) < 4.78 is 14.2. The molecule has 64 valence electrons. The molecule has 0 N–H and O–H groups in total. The van der Waals surface area contributed by atoms with Crippen LogP contribution in [-0.4, -0.2) is 25.1 Å². The minimum atomic E-state index is -1.00. The fourth-order valence-electron chi connectivity index (χ4n) is 0.771. The van der Waals surface area contributed by atoms with Gasteiger partial charge in [0.1, 0.15) is 3.70 Å². The van der Waals surface area contributed by atoms with E-state index in [0.717, 1.165) is 8.66 Å². The Bertz CT molecular complexity index is 417. The molecule has 1 unspecified atom stereocenters. The van der Waals surface area contributed by atoms with Crippen molar-refractivity contribution in [3.8, 4) is 0 Å². The van der Waals surface area contributed by atoms with Gasteiger partial charge < -0.3 is 0 Å². The van der Waals surface area contributed by atoms with Gasteiger partial charge in [-0.3, -0.25) is 4.21 Å². The van der Waals surface area contributed by atoms with E-state index >= 15 is 0 Å². The second kappa shape index (κ2) is 3.04. The molecule has 0 aliphatic heterocycles. The third kappa shape index (κ3) is 1.40. The van der Waals surface area contributed by atoms with Crippen molar-refractivity contribution >= 4 is 49.7 Å². The second-order valence-electron chi connectivity index (χ2n) is 2.11. The molecular weight excluding hydrogens is 309 g/mol. The number of fused-ring (bicyclic) bond motifs is 1. The molecule has 0 bridgehead atoms. The van der Waals surface area contributed by atoms with Gasteiger partial charge in [0.2, 0.25) is 9.30 Å². The topological polar surface area (TPSA) is 47.3 Å². The van der Waals surface area contributed by atoms with Gasteiger partial charge >= 0.3 is 0 Å². The van der Waals surface area contributed by atoms with Gasteiger partial charge in [-0.05, 0) is 22.6 Å². The average molecular weight is 313 g/mol. The predicted octanol–water partition coefficient (Wildman–Crippen LogP) is 1.13. The zero-order chi connectivity index (χ0) is 8.72. The number of halogens is 1. The van der Waals surface area contributed by atoms with E-state index in [-0.39, 0.29) is 0 Å². The van der Waals surface area contributed by atoms with Crippen LogP contribution >= 0.6 is 33.9 Å². The van der Waals surface area contributed by atoms with Crippen LogP contribution in [0.1, 0.15) is 0 Å². The maximum atomic E-state index is 11.0. The fraction of sp³-hybridized carbons (Fsp3) is 0.200. The van der Waals surface area contributed by atoms with Gasteiger partial charge in [-0.25, -0.2) is 9.50 Å². The summed E-state index contributed by atoms with van der Waals surface area (Å²) in [6.07, 6.45) is 3.42. The van der Waals surface area contributed by atoms with Crippen LogP contribution in [0.5, 0.6) is 0 Å². The van der Waals surface area contributed by atoms with Crippen LogP contribution in [-0.2, 0) is 10.8 Å². The van der Waals surface area contributed by atoms with Crippen LogP contribution in [0.4, 0.5) is 0 Å². The summed E-state index contributed by atoms with van der Waals surface area (Å²) in [6.45, 7) is 0. The van der Waals surface area contributed by atoms with Gasteiger partial charge in [0, 0.05) is 6.26 Å². The molecule has 0 fully saturated rings. The maximum absolute atomic E-state index is 11.0. The molecule has 0 radical (unpaired) electrons. The molecular formula is C5H4IN3OS2. The van der Waals surface area contributed by atoms with E-state index in [1.165, 1.54) is 11.3 Å². The van der Waals surface area contributed by atoms with Crippen LogP contribution < -0.4 is 0 Å². The van der Waals surface area contributed by atoms with E-state index in [2.05, 4.69) is 32.7 Å². The van der Waals surface area contributed by atoms with Crippen LogP contribution in [0.25, 0.3) is 4.96 Å². The average Bonchev–Trinajstić information content (AvgIpc) is 2.42. The van der Waals surface area contributed by atoms with Crippen LogP contribution in [0.2, 0.25) is 0 Å². The van der Waals surface area contributed by atoms with Gasteiger partial charge in [-0.1, -0.05) is 11.3 Å². The molecule has 2 aromatic heterocycles. The Morgan fingerprint density at radius 3 is 3.08 bits per heavy atom. The zero-order valence-electron chi connectivity index (χ0n) is 6.02. The van der Waals surface area contributed by atoms with Crippen molar-refractivity contribution in [3.05, 3.63) is 9.90 Å². The Balaban J connectivity index is 2.64. The van der Waals surface area contributed by atoms with Gasteiger partial charge in [-0.15, -0.1) is 5.10 Å². The summed E-state index contributed by atoms with van der Waals surface area (Å²) in [5.41, 5.74) is 0. The standard InChI is InChI=1S/C5H4IN3OS2/c1-12(10)5-8-9-2-3(6)7-4(9)11-5/h2H,1H3. The number of hydrogen-bond acceptors (Lipinski definition) is 4. The first-order valence-electron chi connectivity index (χ1n) is 3.02. The van der Waals surface area contributed by atoms with E-state index in [1.54, 1.807) is 10.8 Å². The van der Waals surface area contributed by atoms with Crippen molar-refractivity contribution < 1.29 is 4.21 Å². The molecule has 0 aromatic carbocycles. The van der Waals surface area contributed by atoms with Crippen molar-refractivity contribution in [2.24, 2.45) is 0 Å². The van der Waals surface area contributed by atoms with E-state index in [0.29, 0.717) is 4.34 Å². The smallest absolute Gasteiger partial charge is 0.214 e. The molecule has 0 aliphatic rings. The lowest BCUT2D eigenvalue weighted by Gasteiger charge is -1.81. The number of nitrogens with zero attached hydrogens (tertiary/aromatic N) is 3. The minimum Gasteiger partial charge on any atom is -0.252 e. The SMILES string of the molecule is CS(=O)c1nn2cc(I)nc2s1. The van der Waals surface area contributed by atoms with E-state index in [1.807, 2.05) is 6.20 Å². The minimum absolute atomic E-state index is 0.619. The van der Waals surface area contributed by atoms with Crippen LogP contribution in [0.3, 0.4) is 0 Å². The lowest BCUT2D eigenvalue weighted by Crippen LogP contribution is -1.87. The normalized spacial score (nSPS) is 13.8. The quantitative estimate of drug-likeness (QED) is 0.742. The van der Waals surface area contributed by atoms with Gasteiger partial charge in [0.25, 0.3) is 0 Å². The summed E-state index contributed by atoms with van der Waals surface area (Å²) in [5, 5.41) is 4.10. The van der Waals surface area contributed by atoms with Crippen LogP contribution in [0, 0.1) is 3.70 Å². The van der Waals surface area contributed by atoms with Crippen molar-refractivity contribution in [2.45, 2.75) is 4.34 Å². The van der Waals surface area contributed by atoms with Crippen LogP contribution in [0.15, 0.2) is 10.5 Å². The Labute approximate surface area is 88.6 Å². The van der Waals surface area contributed by atoms with Gasteiger partial charge in [-0.2, -0.15) is 0 Å². The first-order chi connectivity index (χ1) is 5.66. The summed E-state index contributed by atoms with van der Waals surface area (Å²) in [5.74, 6) is 0. The molecule has 0 saturated carbocycles. The molecule has 12 heavy (non-hydrogen) atoms. The lowest BCUT2D eigenvalue weighted by atomic mass is 11.0. The highest BCUT2D eigenvalue weighted by Crippen LogP contribution is 2.17. The number of hydrogen-bond donors (Lipinski definition) is 0. The molecule has 2 rings (SSSR count). The van der Waals surface area contributed by atoms with E-state index in [4.69, 9.17) is 0 Å². The molecule has 0 aliphatic carbocycles. The number of imidazole rings is 1. The second-order valence-corrected chi connectivity index (χ2v) is 5.73. The van der Waals surface area contributed by atoms with Crippen molar-refractivity contribution in [1.82, 2.24) is 14.6 Å². The summed E-state index contributed by atoms with van der Waals surface area (Å²) in [7, 11) is -1.00. The first kappa shape index (κ1) is 8.57. The Morgan fingerprint density at radius 2 is 2.50 bits per heavy atom. The van der Waals surface area contributed by atoms with Crippen molar-refractivity contribution in [3.63, 3.8) is 0 Å². The van der Waals surface area contributed by atoms with Gasteiger partial charge in [0.05, 0.1) is 17.0 Å². The summed E-state index contributed by atoms with van der Waals surface area (Å²) in [4.78, 5) is 4.98. The van der Waals surface area contributed by atoms with Crippen molar-refractivity contribution in [1.29, 1.82) is 0 Å². The molecule has 4 nitrogen and oxygen atoms in total. The largest absolute Gasteiger partial charge is 0.252 e. The third-order valence-electron chi connectivity index (χ3n) is 1.24. The molecule has 2 aromatic rings. The predicted molar refractivity (Wildman–Crippen MR) is 55.9 cm³/mol. The highest BCUT2D eigenvalue weighted by Gasteiger charge is 2.08. The third-order valence-corrected chi connectivity index (χ3v) is 4.01. The maximum Gasteiger partial charge on any atom is 0.214 e. The monoisotopic (exact) mass is 313 g/mol. The van der Waals surface area contributed by atoms with Crippen molar-refractivity contribution in [2.75, 3.05) is 6.26 Å². The lowest BCUT2D eigenvalue weighted by molar-refractivity contribution is 0.684. The first-order valence-corrected chi connectivity index (χ1v) is 6.47. The molecule has 0 saturated heterocycles. The van der Waals surface area contributed by atoms with Gasteiger partial charge in [0.15, 0.2) is 0 Å². The van der Waals surface area contributed by atoms with E-state index in [9.17, 15) is 4.21 Å². The Kier molecular flexibility index (Phi) is 2.17. The molecule has 0 spiro atoms. The highest BCUT2D eigenvalue weighted by molar-refractivity contribution is 14.1. The van der Waals surface area contributed by atoms with E-state index < -0.39 is 10.8 Å². The summed E-state index contributed by atoms with van der Waals surface area (Å²) in [6, 6.07) is 0. The highest BCUT2D eigenvalue weighted by atomic mass is 127. The molecule has 0 amide bonds. The summed E-state index contributed by atoms with van der Waals surface area (Å²) >= 11 is 3.48.